The molecule has 0 saturated carbocycles. The van der Waals surface area contributed by atoms with E-state index in [1.54, 1.807) is 19.0 Å². The topological polar surface area (TPSA) is 38.1 Å². The highest BCUT2D eigenvalue weighted by Crippen LogP contribution is 2.21. The van der Waals surface area contributed by atoms with E-state index < -0.39 is 0 Å². The fourth-order valence-corrected chi connectivity index (χ4v) is 2.39. The summed E-state index contributed by atoms with van der Waals surface area (Å²) in [5.41, 5.74) is 3.16. The van der Waals surface area contributed by atoms with Gasteiger partial charge in [-0.25, -0.2) is 4.98 Å². The lowest BCUT2D eigenvalue weighted by Crippen LogP contribution is -2.23. The van der Waals surface area contributed by atoms with E-state index in [-0.39, 0.29) is 5.91 Å². The predicted octanol–water partition coefficient (Wildman–Crippen LogP) is 2.56. The number of amides is 1. The first-order chi connectivity index (χ1) is 9.04. The highest BCUT2D eigenvalue weighted by Gasteiger charge is 2.13. The molecule has 1 aromatic carbocycles. The van der Waals surface area contributed by atoms with Crippen LogP contribution in [0.1, 0.15) is 17.8 Å². The van der Waals surface area contributed by atoms with E-state index in [1.807, 2.05) is 25.1 Å². The van der Waals surface area contributed by atoms with Crippen molar-refractivity contribution in [1.82, 2.24) is 14.5 Å². The molecule has 0 unspecified atom stereocenters. The van der Waals surface area contributed by atoms with Crippen molar-refractivity contribution in [2.75, 3.05) is 14.1 Å². The number of benzene rings is 1. The van der Waals surface area contributed by atoms with E-state index in [0.717, 1.165) is 22.4 Å². The molecule has 4 nitrogen and oxygen atoms in total. The minimum Gasteiger partial charge on any atom is -0.349 e. The number of hydrogen-bond donors (Lipinski definition) is 0. The van der Waals surface area contributed by atoms with Crippen molar-refractivity contribution in [2.45, 2.75) is 25.8 Å². The van der Waals surface area contributed by atoms with Gasteiger partial charge in [-0.05, 0) is 18.6 Å². The number of aryl methyl sites for hydroxylation is 2. The minimum atomic E-state index is 0.107. The van der Waals surface area contributed by atoms with Crippen LogP contribution in [0.5, 0.6) is 0 Å². The van der Waals surface area contributed by atoms with E-state index >= 15 is 0 Å². The fourth-order valence-electron chi connectivity index (χ4n) is 2.19. The van der Waals surface area contributed by atoms with Crippen molar-refractivity contribution < 1.29 is 4.79 Å². The maximum Gasteiger partial charge on any atom is 0.223 e. The van der Waals surface area contributed by atoms with Gasteiger partial charge in [0.15, 0.2) is 0 Å². The van der Waals surface area contributed by atoms with Crippen molar-refractivity contribution in [3.8, 4) is 0 Å². The molecule has 1 amide bonds. The molecule has 0 bridgehead atoms. The molecule has 102 valence electrons. The Balaban J connectivity index is 2.37. The summed E-state index contributed by atoms with van der Waals surface area (Å²) >= 11 is 5.96. The normalized spacial score (nSPS) is 10.9. The van der Waals surface area contributed by atoms with Gasteiger partial charge in [0.05, 0.1) is 16.9 Å². The Morgan fingerprint density at radius 2 is 2.16 bits per heavy atom. The number of carbonyl (C=O) groups excluding carboxylic acids is 1. The highest BCUT2D eigenvalue weighted by atomic mass is 35.5. The lowest BCUT2D eigenvalue weighted by Gasteiger charge is -2.12. The Hall–Kier alpha value is -1.55. The van der Waals surface area contributed by atoms with Gasteiger partial charge in [0.1, 0.15) is 5.82 Å². The number of aromatic nitrogens is 2. The number of rotatable bonds is 4. The molecule has 2 rings (SSSR count). The number of alkyl halides is 1. The first kappa shape index (κ1) is 13.9. The summed E-state index contributed by atoms with van der Waals surface area (Å²) in [6, 6.07) is 6.01. The number of para-hydroxylation sites is 1. The Morgan fingerprint density at radius 3 is 2.79 bits per heavy atom. The largest absolute Gasteiger partial charge is 0.349 e. The van der Waals surface area contributed by atoms with Crippen LogP contribution in [0.15, 0.2) is 18.2 Å². The van der Waals surface area contributed by atoms with Gasteiger partial charge < -0.3 is 9.47 Å². The second-order valence-electron chi connectivity index (χ2n) is 4.79. The average Bonchev–Trinajstić information content (AvgIpc) is 2.75. The Kier molecular flexibility index (Phi) is 4.10. The average molecular weight is 280 g/mol. The number of hydrogen-bond acceptors (Lipinski definition) is 2. The third kappa shape index (κ3) is 2.73. The van der Waals surface area contributed by atoms with E-state index in [1.165, 1.54) is 0 Å². The second kappa shape index (κ2) is 5.61. The summed E-state index contributed by atoms with van der Waals surface area (Å²) in [6.45, 7) is 2.66. The molecular formula is C14H18ClN3O. The van der Waals surface area contributed by atoms with Crippen LogP contribution in [0.25, 0.3) is 11.0 Å². The number of carbonyl (C=O) groups is 1. The van der Waals surface area contributed by atoms with Crippen LogP contribution >= 0.6 is 11.6 Å². The van der Waals surface area contributed by atoms with Gasteiger partial charge in [-0.15, -0.1) is 11.6 Å². The van der Waals surface area contributed by atoms with Crippen LogP contribution in [0, 0.1) is 6.92 Å². The van der Waals surface area contributed by atoms with Crippen molar-refractivity contribution in [3.63, 3.8) is 0 Å². The molecule has 0 radical (unpaired) electrons. The van der Waals surface area contributed by atoms with Crippen molar-refractivity contribution in [2.24, 2.45) is 0 Å². The van der Waals surface area contributed by atoms with Crippen molar-refractivity contribution in [3.05, 3.63) is 29.6 Å². The molecule has 2 aromatic rings. The molecule has 0 aliphatic heterocycles. The molecule has 1 aromatic heterocycles. The van der Waals surface area contributed by atoms with Gasteiger partial charge >= 0.3 is 0 Å². The highest BCUT2D eigenvalue weighted by molar-refractivity contribution is 6.16. The fraction of sp³-hybridized carbons (Fsp3) is 0.429. The Bertz CT molecular complexity index is 604. The van der Waals surface area contributed by atoms with Gasteiger partial charge in [0, 0.05) is 27.1 Å². The summed E-state index contributed by atoms with van der Waals surface area (Å²) in [6.07, 6.45) is 0.455. The lowest BCUT2D eigenvalue weighted by atomic mass is 10.2. The van der Waals surface area contributed by atoms with E-state index in [4.69, 9.17) is 11.6 Å². The molecule has 0 aliphatic carbocycles. The lowest BCUT2D eigenvalue weighted by molar-refractivity contribution is -0.128. The molecule has 5 heteroatoms. The zero-order chi connectivity index (χ0) is 14.0. The van der Waals surface area contributed by atoms with Crippen LogP contribution < -0.4 is 0 Å². The number of fused-ring (bicyclic) bond motifs is 1. The van der Waals surface area contributed by atoms with Gasteiger partial charge in [0.2, 0.25) is 5.91 Å². The number of imidazole rings is 1. The summed E-state index contributed by atoms with van der Waals surface area (Å²) in [7, 11) is 3.53. The van der Waals surface area contributed by atoms with Gasteiger partial charge in [-0.2, -0.15) is 0 Å². The van der Waals surface area contributed by atoms with Crippen molar-refractivity contribution >= 4 is 28.5 Å². The monoisotopic (exact) mass is 279 g/mol. The van der Waals surface area contributed by atoms with Gasteiger partial charge in [-0.3, -0.25) is 4.79 Å². The smallest absolute Gasteiger partial charge is 0.223 e. The third-order valence-corrected chi connectivity index (χ3v) is 3.45. The molecule has 1 heterocycles. The van der Waals surface area contributed by atoms with E-state index in [2.05, 4.69) is 9.55 Å². The maximum absolute atomic E-state index is 11.7. The summed E-state index contributed by atoms with van der Waals surface area (Å²) in [4.78, 5) is 17.8. The molecule has 0 saturated heterocycles. The van der Waals surface area contributed by atoms with Crippen LogP contribution in [0.4, 0.5) is 0 Å². The van der Waals surface area contributed by atoms with Crippen LogP contribution in [-0.4, -0.2) is 34.5 Å². The first-order valence-corrected chi connectivity index (χ1v) is 6.79. The molecule has 0 aliphatic rings. The third-order valence-electron chi connectivity index (χ3n) is 3.22. The summed E-state index contributed by atoms with van der Waals surface area (Å²) < 4.78 is 2.05. The molecule has 19 heavy (non-hydrogen) atoms. The Morgan fingerprint density at radius 1 is 1.42 bits per heavy atom. The quantitative estimate of drug-likeness (QED) is 0.807. The van der Waals surface area contributed by atoms with Crippen molar-refractivity contribution in [1.29, 1.82) is 0 Å². The molecule has 0 atom stereocenters. The Labute approximate surface area is 118 Å². The van der Waals surface area contributed by atoms with Gasteiger partial charge in [-0.1, -0.05) is 12.1 Å². The summed E-state index contributed by atoms with van der Waals surface area (Å²) in [5.74, 6) is 1.28. The van der Waals surface area contributed by atoms with Gasteiger partial charge in [0.25, 0.3) is 0 Å². The SMILES string of the molecule is Cc1cccc2nc(CCl)n(CCC(=O)N(C)C)c12. The second-order valence-corrected chi connectivity index (χ2v) is 5.06. The van der Waals surface area contributed by atoms with E-state index in [0.29, 0.717) is 18.8 Å². The molecular weight excluding hydrogens is 262 g/mol. The standard InChI is InChI=1S/C14H18ClN3O/c1-10-5-4-6-11-14(10)18(12(9-15)16-11)8-7-13(19)17(2)3/h4-6H,7-9H2,1-3H3. The van der Waals surface area contributed by atoms with Crippen LogP contribution in [0.3, 0.4) is 0 Å². The van der Waals surface area contributed by atoms with E-state index in [9.17, 15) is 4.79 Å². The van der Waals surface area contributed by atoms with Crippen LogP contribution in [0.2, 0.25) is 0 Å². The summed E-state index contributed by atoms with van der Waals surface area (Å²) in [5, 5.41) is 0. The molecule has 0 N–H and O–H groups in total. The number of halogens is 1. The first-order valence-electron chi connectivity index (χ1n) is 6.25. The molecule has 0 fully saturated rings. The molecule has 0 spiro atoms. The zero-order valence-electron chi connectivity index (χ0n) is 11.5. The minimum absolute atomic E-state index is 0.107. The predicted molar refractivity (Wildman–Crippen MR) is 77.3 cm³/mol. The zero-order valence-corrected chi connectivity index (χ0v) is 12.2. The maximum atomic E-state index is 11.7. The van der Waals surface area contributed by atoms with Crippen LogP contribution in [-0.2, 0) is 17.2 Å². The number of nitrogens with zero attached hydrogens (tertiary/aromatic N) is 3.